The van der Waals surface area contributed by atoms with Crippen LogP contribution in [0.4, 0.5) is 5.13 Å². The molecule has 1 aromatic heterocycles. The van der Waals surface area contributed by atoms with Crippen LogP contribution in [-0.4, -0.2) is 10.9 Å². The van der Waals surface area contributed by atoms with Crippen LogP contribution in [0.15, 0.2) is 54.7 Å². The molecule has 0 bridgehead atoms. The summed E-state index contributed by atoms with van der Waals surface area (Å²) in [5.74, 6) is -0.248. The van der Waals surface area contributed by atoms with Crippen LogP contribution in [0.2, 0.25) is 15.1 Å². The number of carbonyl (C=O) groups excluding carboxylic acids is 1. The van der Waals surface area contributed by atoms with Crippen LogP contribution in [0.3, 0.4) is 0 Å². The van der Waals surface area contributed by atoms with Gasteiger partial charge in [0, 0.05) is 38.6 Å². The predicted molar refractivity (Wildman–Crippen MR) is 110 cm³/mol. The SMILES string of the molecule is O=C(C=Cc1ccc(Cl)cc1)Nc1ncc(Cc2cc(Cl)ccc2Cl)s1. The van der Waals surface area contributed by atoms with Crippen LogP contribution in [0, 0.1) is 0 Å². The van der Waals surface area contributed by atoms with Gasteiger partial charge in [0.15, 0.2) is 5.13 Å². The molecule has 0 radical (unpaired) electrons. The molecule has 0 aliphatic rings. The van der Waals surface area contributed by atoms with Crippen molar-refractivity contribution in [1.29, 1.82) is 0 Å². The third kappa shape index (κ3) is 5.32. The number of halogens is 3. The van der Waals surface area contributed by atoms with Crippen molar-refractivity contribution < 1.29 is 4.79 Å². The van der Waals surface area contributed by atoms with Crippen LogP contribution in [-0.2, 0) is 11.2 Å². The molecule has 0 spiro atoms. The maximum atomic E-state index is 12.0. The molecular formula is C19H13Cl3N2OS. The Morgan fingerprint density at radius 3 is 2.58 bits per heavy atom. The second-order valence-electron chi connectivity index (χ2n) is 5.42. The third-order valence-electron chi connectivity index (χ3n) is 3.45. The molecule has 0 atom stereocenters. The second kappa shape index (κ2) is 8.69. The minimum absolute atomic E-state index is 0.248. The lowest BCUT2D eigenvalue weighted by Crippen LogP contribution is -2.07. The zero-order chi connectivity index (χ0) is 18.5. The highest BCUT2D eigenvalue weighted by Gasteiger charge is 2.08. The van der Waals surface area contributed by atoms with E-state index in [0.29, 0.717) is 26.6 Å². The molecule has 0 aliphatic heterocycles. The highest BCUT2D eigenvalue weighted by atomic mass is 35.5. The number of anilines is 1. The van der Waals surface area contributed by atoms with Crippen LogP contribution < -0.4 is 5.32 Å². The molecule has 0 aliphatic carbocycles. The van der Waals surface area contributed by atoms with Gasteiger partial charge in [-0.15, -0.1) is 11.3 Å². The quantitative estimate of drug-likeness (QED) is 0.486. The molecular weight excluding hydrogens is 411 g/mol. The summed E-state index contributed by atoms with van der Waals surface area (Å²) >= 11 is 19.4. The van der Waals surface area contributed by atoms with E-state index in [1.165, 1.54) is 17.4 Å². The summed E-state index contributed by atoms with van der Waals surface area (Å²) in [6.07, 6.45) is 5.50. The maximum absolute atomic E-state index is 12.0. The summed E-state index contributed by atoms with van der Waals surface area (Å²) in [4.78, 5) is 17.2. The first-order valence-corrected chi connectivity index (χ1v) is 9.58. The summed E-state index contributed by atoms with van der Waals surface area (Å²) in [6.45, 7) is 0. The molecule has 1 heterocycles. The van der Waals surface area contributed by atoms with E-state index < -0.39 is 0 Å². The number of hydrogen-bond acceptors (Lipinski definition) is 3. The van der Waals surface area contributed by atoms with Gasteiger partial charge in [0.1, 0.15) is 0 Å². The van der Waals surface area contributed by atoms with Crippen molar-refractivity contribution >= 4 is 63.3 Å². The van der Waals surface area contributed by atoms with Gasteiger partial charge in [-0.25, -0.2) is 4.98 Å². The monoisotopic (exact) mass is 422 g/mol. The normalized spacial score (nSPS) is 11.0. The Balaban J connectivity index is 1.61. The van der Waals surface area contributed by atoms with Crippen molar-refractivity contribution in [1.82, 2.24) is 4.98 Å². The number of nitrogens with zero attached hydrogens (tertiary/aromatic N) is 1. The van der Waals surface area contributed by atoms with E-state index in [1.54, 1.807) is 36.5 Å². The lowest BCUT2D eigenvalue weighted by atomic mass is 10.1. The molecule has 0 fully saturated rings. The number of nitrogens with one attached hydrogen (secondary N) is 1. The first kappa shape index (κ1) is 18.9. The van der Waals surface area contributed by atoms with Gasteiger partial charge in [-0.1, -0.05) is 46.9 Å². The Morgan fingerprint density at radius 1 is 1.08 bits per heavy atom. The first-order chi connectivity index (χ1) is 12.5. The van der Waals surface area contributed by atoms with E-state index in [-0.39, 0.29) is 5.91 Å². The van der Waals surface area contributed by atoms with Crippen molar-refractivity contribution in [3.05, 3.63) is 85.8 Å². The largest absolute Gasteiger partial charge is 0.298 e. The maximum Gasteiger partial charge on any atom is 0.250 e. The number of hydrogen-bond donors (Lipinski definition) is 1. The van der Waals surface area contributed by atoms with Crippen molar-refractivity contribution in [2.75, 3.05) is 5.32 Å². The lowest BCUT2D eigenvalue weighted by Gasteiger charge is -2.02. The number of amides is 1. The van der Waals surface area contributed by atoms with E-state index in [1.807, 2.05) is 18.2 Å². The van der Waals surface area contributed by atoms with Crippen molar-refractivity contribution in [2.24, 2.45) is 0 Å². The average Bonchev–Trinajstić information content (AvgIpc) is 3.04. The first-order valence-electron chi connectivity index (χ1n) is 7.63. The molecule has 3 nitrogen and oxygen atoms in total. The average molecular weight is 424 g/mol. The van der Waals surface area contributed by atoms with Gasteiger partial charge >= 0.3 is 0 Å². The van der Waals surface area contributed by atoms with Gasteiger partial charge in [-0.3, -0.25) is 10.1 Å². The van der Waals surface area contributed by atoms with E-state index in [2.05, 4.69) is 10.3 Å². The van der Waals surface area contributed by atoms with Crippen molar-refractivity contribution in [3.63, 3.8) is 0 Å². The molecule has 1 N–H and O–H groups in total. The number of thiazole rings is 1. The summed E-state index contributed by atoms with van der Waals surface area (Å²) in [5, 5.41) is 5.22. The summed E-state index contributed by atoms with van der Waals surface area (Å²) < 4.78 is 0. The third-order valence-corrected chi connectivity index (χ3v) is 5.22. The van der Waals surface area contributed by atoms with Gasteiger partial charge in [0.25, 0.3) is 0 Å². The molecule has 7 heteroatoms. The Labute approximate surface area is 170 Å². The number of rotatable bonds is 5. The molecule has 132 valence electrons. The van der Waals surface area contributed by atoms with E-state index in [4.69, 9.17) is 34.8 Å². The lowest BCUT2D eigenvalue weighted by molar-refractivity contribution is -0.111. The van der Waals surface area contributed by atoms with Gasteiger partial charge in [0.2, 0.25) is 5.91 Å². The molecule has 3 rings (SSSR count). The Hall–Kier alpha value is -1.85. The molecule has 0 unspecified atom stereocenters. The summed E-state index contributed by atoms with van der Waals surface area (Å²) in [6, 6.07) is 12.6. The Kier molecular flexibility index (Phi) is 6.33. The fourth-order valence-electron chi connectivity index (χ4n) is 2.21. The topological polar surface area (TPSA) is 42.0 Å². The molecule has 26 heavy (non-hydrogen) atoms. The highest BCUT2D eigenvalue weighted by Crippen LogP contribution is 2.27. The van der Waals surface area contributed by atoms with Gasteiger partial charge < -0.3 is 0 Å². The van der Waals surface area contributed by atoms with E-state index >= 15 is 0 Å². The smallest absolute Gasteiger partial charge is 0.250 e. The number of carbonyl (C=O) groups is 1. The van der Waals surface area contributed by atoms with Crippen LogP contribution in [0.25, 0.3) is 6.08 Å². The fraction of sp³-hybridized carbons (Fsp3) is 0.0526. The van der Waals surface area contributed by atoms with Gasteiger partial charge in [0.05, 0.1) is 0 Å². The van der Waals surface area contributed by atoms with Crippen LogP contribution >= 0.6 is 46.1 Å². The molecule has 1 amide bonds. The molecule has 0 saturated carbocycles. The minimum Gasteiger partial charge on any atom is -0.298 e. The summed E-state index contributed by atoms with van der Waals surface area (Å²) in [7, 11) is 0. The Bertz CT molecular complexity index is 952. The van der Waals surface area contributed by atoms with Crippen LogP contribution in [0.1, 0.15) is 16.0 Å². The van der Waals surface area contributed by atoms with Crippen molar-refractivity contribution in [2.45, 2.75) is 6.42 Å². The fourth-order valence-corrected chi connectivity index (χ4v) is 3.55. The molecule has 3 aromatic rings. The molecule has 2 aromatic carbocycles. The van der Waals surface area contributed by atoms with Gasteiger partial charge in [-0.2, -0.15) is 0 Å². The molecule has 0 saturated heterocycles. The zero-order valence-electron chi connectivity index (χ0n) is 13.4. The van der Waals surface area contributed by atoms with E-state index in [0.717, 1.165) is 16.0 Å². The number of benzene rings is 2. The van der Waals surface area contributed by atoms with E-state index in [9.17, 15) is 4.79 Å². The minimum atomic E-state index is -0.248. The van der Waals surface area contributed by atoms with Crippen molar-refractivity contribution in [3.8, 4) is 0 Å². The standard InChI is InChI=1S/C19H13Cl3N2OS/c20-14-4-1-12(2-5-14)3-8-18(25)24-19-23-11-16(26-19)10-13-9-15(21)6-7-17(13)22/h1-9,11H,10H2,(H,23,24,25). The second-order valence-corrected chi connectivity index (χ2v) is 7.81. The predicted octanol–water partition coefficient (Wildman–Crippen LogP) is 6.35. The number of aromatic nitrogens is 1. The van der Waals surface area contributed by atoms with Gasteiger partial charge in [-0.05, 0) is 47.5 Å². The Morgan fingerprint density at radius 2 is 1.81 bits per heavy atom. The zero-order valence-corrected chi connectivity index (χ0v) is 16.5. The van der Waals surface area contributed by atoms with Crippen LogP contribution in [0.5, 0.6) is 0 Å². The highest BCUT2D eigenvalue weighted by molar-refractivity contribution is 7.15. The summed E-state index contributed by atoms with van der Waals surface area (Å²) in [5.41, 5.74) is 1.81.